The summed E-state index contributed by atoms with van der Waals surface area (Å²) in [5.41, 5.74) is -2.21. The minimum absolute atomic E-state index is 0.406. The van der Waals surface area contributed by atoms with Crippen LogP contribution in [0.15, 0.2) is 4.99 Å². The Morgan fingerprint density at radius 1 is 1.41 bits per heavy atom. The average molecular weight is 265 g/mol. The molecule has 1 aliphatic carbocycles. The molecule has 4 nitrogen and oxygen atoms in total. The molecule has 0 aromatic carbocycles. The molecule has 0 aliphatic heterocycles. The van der Waals surface area contributed by atoms with Gasteiger partial charge < -0.3 is 0 Å². The SMILES string of the molecule is [2H]C1([2H])CCC(CS(=O)(=O)C(C)(C)C)(N=C=O)C([2H])([2H])C1([2H])[2H]. The molecular weight excluding hydrogens is 238 g/mol. The number of hydrogen-bond donors (Lipinski definition) is 0. The van der Waals surface area contributed by atoms with Crippen molar-refractivity contribution < 1.29 is 21.4 Å². The van der Waals surface area contributed by atoms with Gasteiger partial charge in [0.2, 0.25) is 6.08 Å². The molecular formula is C12H21NO3S. The molecule has 0 aromatic heterocycles. The Morgan fingerprint density at radius 2 is 2.06 bits per heavy atom. The number of nitrogens with zero attached hydrogens (tertiary/aromatic N) is 1. The van der Waals surface area contributed by atoms with Crippen molar-refractivity contribution in [3.8, 4) is 0 Å². The van der Waals surface area contributed by atoms with Crippen LogP contribution in [-0.4, -0.2) is 30.5 Å². The van der Waals surface area contributed by atoms with Gasteiger partial charge in [-0.15, -0.1) is 0 Å². The summed E-state index contributed by atoms with van der Waals surface area (Å²) in [6.45, 7) is 4.23. The normalized spacial score (nSPS) is 40.4. The van der Waals surface area contributed by atoms with E-state index in [0.29, 0.717) is 0 Å². The molecule has 1 unspecified atom stereocenters. The Morgan fingerprint density at radius 3 is 2.59 bits per heavy atom. The lowest BCUT2D eigenvalue weighted by Crippen LogP contribution is -2.43. The van der Waals surface area contributed by atoms with E-state index in [1.54, 1.807) is 0 Å². The quantitative estimate of drug-likeness (QED) is 0.580. The van der Waals surface area contributed by atoms with E-state index in [1.165, 1.54) is 20.8 Å². The van der Waals surface area contributed by atoms with E-state index < -0.39 is 57.8 Å². The molecule has 0 bridgehead atoms. The molecule has 0 radical (unpaired) electrons. The van der Waals surface area contributed by atoms with E-state index >= 15 is 0 Å². The first-order valence-electron chi connectivity index (χ1n) is 8.29. The first kappa shape index (κ1) is 7.70. The Hall–Kier alpha value is -0.670. The molecule has 0 aromatic rings. The van der Waals surface area contributed by atoms with Crippen molar-refractivity contribution in [2.24, 2.45) is 4.99 Å². The van der Waals surface area contributed by atoms with Crippen molar-refractivity contribution >= 4 is 15.9 Å². The van der Waals surface area contributed by atoms with Gasteiger partial charge in [0.25, 0.3) is 0 Å². The number of isocyanates is 1. The largest absolute Gasteiger partial charge is 0.235 e. The van der Waals surface area contributed by atoms with Crippen LogP contribution in [0, 0.1) is 0 Å². The zero-order valence-electron chi connectivity index (χ0n) is 16.2. The molecule has 0 amide bonds. The number of carbonyl (C=O) groups excluding carboxylic acids is 1. The van der Waals surface area contributed by atoms with Crippen molar-refractivity contribution in [3.05, 3.63) is 0 Å². The monoisotopic (exact) mass is 265 g/mol. The second kappa shape index (κ2) is 4.91. The standard InChI is InChI=1S/C12H21NO3S/c1-11(2,3)17(15,16)9-12(13-10-14)7-5-4-6-8-12/h4-9H2,1-3H3/i4D2,5D2,7D2. The molecule has 1 atom stereocenters. The van der Waals surface area contributed by atoms with Crippen molar-refractivity contribution in [1.82, 2.24) is 0 Å². The van der Waals surface area contributed by atoms with Crippen molar-refractivity contribution in [3.63, 3.8) is 0 Å². The molecule has 0 saturated heterocycles. The van der Waals surface area contributed by atoms with E-state index in [1.807, 2.05) is 0 Å². The highest BCUT2D eigenvalue weighted by Gasteiger charge is 2.41. The van der Waals surface area contributed by atoms with Crippen molar-refractivity contribution in [1.29, 1.82) is 0 Å². The average Bonchev–Trinajstić information content (AvgIpc) is 2.32. The van der Waals surface area contributed by atoms with Gasteiger partial charge in [-0.25, -0.2) is 13.2 Å². The molecule has 0 spiro atoms. The maximum Gasteiger partial charge on any atom is 0.235 e. The topological polar surface area (TPSA) is 63.6 Å². The van der Waals surface area contributed by atoms with E-state index in [2.05, 4.69) is 4.99 Å². The highest BCUT2D eigenvalue weighted by Crippen LogP contribution is 2.35. The Kier molecular flexibility index (Phi) is 2.22. The Bertz CT molecular complexity index is 634. The molecule has 98 valence electrons. The van der Waals surface area contributed by atoms with Crippen LogP contribution in [0.25, 0.3) is 0 Å². The fraction of sp³-hybridized carbons (Fsp3) is 0.917. The first-order valence-corrected chi connectivity index (χ1v) is 6.94. The third kappa shape index (κ3) is 3.39. The Balaban J connectivity index is 3.57. The van der Waals surface area contributed by atoms with Gasteiger partial charge in [-0.2, -0.15) is 4.99 Å². The smallest absolute Gasteiger partial charge is 0.228 e. The van der Waals surface area contributed by atoms with E-state index in [4.69, 9.17) is 8.22 Å². The lowest BCUT2D eigenvalue weighted by molar-refractivity contribution is 0.323. The third-order valence-corrected chi connectivity index (χ3v) is 5.39. The van der Waals surface area contributed by atoms with Crippen LogP contribution >= 0.6 is 0 Å². The second-order valence-corrected chi connectivity index (χ2v) is 7.78. The van der Waals surface area contributed by atoms with Crippen molar-refractivity contribution in [2.45, 2.75) is 63.0 Å². The molecule has 17 heavy (non-hydrogen) atoms. The predicted molar refractivity (Wildman–Crippen MR) is 67.5 cm³/mol. The summed E-state index contributed by atoms with van der Waals surface area (Å²) in [5, 5.41) is 0. The van der Waals surface area contributed by atoms with Gasteiger partial charge in [0.05, 0.1) is 16.0 Å². The summed E-state index contributed by atoms with van der Waals surface area (Å²) in [7, 11) is -3.94. The highest BCUT2D eigenvalue weighted by molar-refractivity contribution is 7.92. The van der Waals surface area contributed by atoms with Gasteiger partial charge in [0.15, 0.2) is 9.84 Å². The lowest BCUT2D eigenvalue weighted by Gasteiger charge is -2.34. The van der Waals surface area contributed by atoms with Crippen LogP contribution in [0.2, 0.25) is 0 Å². The second-order valence-electron chi connectivity index (χ2n) is 5.03. The van der Waals surface area contributed by atoms with Crippen LogP contribution in [0.3, 0.4) is 0 Å². The number of sulfone groups is 1. The minimum atomic E-state index is -3.94. The number of aliphatic imine (C=N–C) groups is 1. The van der Waals surface area contributed by atoms with Crippen LogP contribution in [-0.2, 0) is 14.6 Å². The fourth-order valence-corrected chi connectivity index (χ4v) is 2.74. The molecule has 5 heteroatoms. The van der Waals surface area contributed by atoms with Gasteiger partial charge in [0.1, 0.15) is 0 Å². The summed E-state index contributed by atoms with van der Waals surface area (Å²) in [6, 6.07) is 0. The number of hydrogen-bond acceptors (Lipinski definition) is 4. The van der Waals surface area contributed by atoms with E-state index in [-0.39, 0.29) is 0 Å². The maximum absolute atomic E-state index is 12.5. The molecule has 0 heterocycles. The minimum Gasteiger partial charge on any atom is -0.228 e. The Labute approximate surface area is 112 Å². The molecule has 1 fully saturated rings. The predicted octanol–water partition coefficient (Wildman–Crippen LogP) is 2.24. The van der Waals surface area contributed by atoms with E-state index in [9.17, 15) is 13.2 Å². The third-order valence-electron chi connectivity index (χ3n) is 2.67. The van der Waals surface area contributed by atoms with Crippen LogP contribution in [0.1, 0.15) is 61.0 Å². The van der Waals surface area contributed by atoms with Crippen molar-refractivity contribution in [2.75, 3.05) is 5.75 Å². The van der Waals surface area contributed by atoms with Crippen LogP contribution < -0.4 is 0 Å². The number of rotatable bonds is 3. The zero-order chi connectivity index (χ0) is 18.5. The summed E-state index contributed by atoms with van der Waals surface area (Å²) >= 11 is 0. The summed E-state index contributed by atoms with van der Waals surface area (Å²) < 4.78 is 71.0. The summed E-state index contributed by atoms with van der Waals surface area (Å²) in [4.78, 5) is 14.2. The molecule has 1 rings (SSSR count). The highest BCUT2D eigenvalue weighted by atomic mass is 32.2. The summed E-state index contributed by atoms with van der Waals surface area (Å²) in [5.74, 6) is -0.888. The van der Waals surface area contributed by atoms with Gasteiger partial charge in [0, 0.05) is 8.22 Å². The maximum atomic E-state index is 12.5. The van der Waals surface area contributed by atoms with Gasteiger partial charge >= 0.3 is 0 Å². The molecule has 0 N–H and O–H groups in total. The zero-order valence-corrected chi connectivity index (χ0v) is 11.0. The summed E-state index contributed by atoms with van der Waals surface area (Å²) in [6.07, 6.45) is -8.24. The van der Waals surface area contributed by atoms with Gasteiger partial charge in [-0.05, 0) is 33.6 Å². The van der Waals surface area contributed by atoms with Gasteiger partial charge in [-0.1, -0.05) is 19.2 Å². The van der Waals surface area contributed by atoms with Crippen LogP contribution in [0.4, 0.5) is 0 Å². The molecule has 1 saturated carbocycles. The molecule has 1 aliphatic rings. The van der Waals surface area contributed by atoms with Gasteiger partial charge in [-0.3, -0.25) is 0 Å². The fourth-order valence-electron chi connectivity index (χ4n) is 1.40. The first-order chi connectivity index (χ1) is 9.97. The van der Waals surface area contributed by atoms with E-state index in [0.717, 1.165) is 6.08 Å². The van der Waals surface area contributed by atoms with Crippen LogP contribution in [0.5, 0.6) is 0 Å². The lowest BCUT2D eigenvalue weighted by atomic mass is 9.84.